The third kappa shape index (κ3) is 1.78. The third-order valence-corrected chi connectivity index (χ3v) is 4.63. The summed E-state index contributed by atoms with van der Waals surface area (Å²) < 4.78 is 5.56. The average molecular weight is 238 g/mol. The normalized spacial score (nSPS) is 35.6. The number of ether oxygens (including phenoxy) is 1. The summed E-state index contributed by atoms with van der Waals surface area (Å²) in [5, 5.41) is 3.46. The van der Waals surface area contributed by atoms with Crippen LogP contribution in [0.1, 0.15) is 45.4 Å². The molecule has 0 aromatic heterocycles. The zero-order valence-electron chi connectivity index (χ0n) is 10.6. The van der Waals surface area contributed by atoms with Crippen LogP contribution in [0.25, 0.3) is 0 Å². The van der Waals surface area contributed by atoms with Gasteiger partial charge in [0.25, 0.3) is 0 Å². The topological polar surface area (TPSA) is 41.6 Å². The van der Waals surface area contributed by atoms with Crippen LogP contribution in [0.5, 0.6) is 0 Å². The third-order valence-electron chi connectivity index (χ3n) is 4.63. The van der Waals surface area contributed by atoms with Gasteiger partial charge < -0.3 is 9.64 Å². The van der Waals surface area contributed by atoms with Crippen LogP contribution in [-0.2, 0) is 9.53 Å². The smallest absolute Gasteiger partial charge is 0.244 e. The van der Waals surface area contributed by atoms with Gasteiger partial charge in [-0.05, 0) is 32.6 Å². The van der Waals surface area contributed by atoms with Gasteiger partial charge in [0.05, 0.1) is 18.3 Å². The maximum atomic E-state index is 12.5. The van der Waals surface area contributed by atoms with E-state index in [1.54, 1.807) is 0 Å². The van der Waals surface area contributed by atoms with Gasteiger partial charge in [-0.25, -0.2) is 0 Å². The summed E-state index contributed by atoms with van der Waals surface area (Å²) >= 11 is 0. The van der Waals surface area contributed by atoms with Gasteiger partial charge in [-0.15, -0.1) is 0 Å². The number of nitrogens with zero attached hydrogens (tertiary/aromatic N) is 1. The minimum absolute atomic E-state index is 0.184. The maximum absolute atomic E-state index is 12.5. The predicted octanol–water partition coefficient (Wildman–Crippen LogP) is 1.26. The Balaban J connectivity index is 1.58. The summed E-state index contributed by atoms with van der Waals surface area (Å²) in [6, 6.07) is 0.423. The molecule has 4 heteroatoms. The molecule has 3 rings (SSSR count). The second-order valence-corrected chi connectivity index (χ2v) is 5.60. The molecule has 1 spiro atoms. The molecule has 1 saturated heterocycles. The van der Waals surface area contributed by atoms with Crippen molar-refractivity contribution >= 4 is 5.91 Å². The largest absolute Gasteiger partial charge is 0.378 e. The van der Waals surface area contributed by atoms with Gasteiger partial charge in [-0.3, -0.25) is 10.1 Å². The van der Waals surface area contributed by atoms with Crippen molar-refractivity contribution in [3.8, 4) is 0 Å². The van der Waals surface area contributed by atoms with Crippen molar-refractivity contribution in [3.63, 3.8) is 0 Å². The minimum Gasteiger partial charge on any atom is -0.378 e. The van der Waals surface area contributed by atoms with Gasteiger partial charge in [-0.2, -0.15) is 0 Å². The molecule has 4 nitrogen and oxygen atoms in total. The van der Waals surface area contributed by atoms with Crippen LogP contribution in [0.2, 0.25) is 0 Å². The molecule has 3 fully saturated rings. The summed E-state index contributed by atoms with van der Waals surface area (Å²) in [4.78, 5) is 14.5. The van der Waals surface area contributed by atoms with Crippen LogP contribution < -0.4 is 5.32 Å². The Bertz CT molecular complexity index is 307. The van der Waals surface area contributed by atoms with Crippen molar-refractivity contribution in [1.29, 1.82) is 0 Å². The second-order valence-electron chi connectivity index (χ2n) is 5.60. The van der Waals surface area contributed by atoms with E-state index in [1.807, 2.05) is 6.92 Å². The van der Waals surface area contributed by atoms with E-state index in [2.05, 4.69) is 10.2 Å². The first kappa shape index (κ1) is 11.5. The van der Waals surface area contributed by atoms with E-state index in [0.29, 0.717) is 18.1 Å². The average Bonchev–Trinajstić information content (AvgIpc) is 2.85. The zero-order chi connectivity index (χ0) is 11.9. The summed E-state index contributed by atoms with van der Waals surface area (Å²) in [5.41, 5.74) is -0.184. The second kappa shape index (κ2) is 4.25. The van der Waals surface area contributed by atoms with E-state index in [-0.39, 0.29) is 5.54 Å². The van der Waals surface area contributed by atoms with Crippen LogP contribution in [-0.4, -0.2) is 41.8 Å². The Labute approximate surface area is 103 Å². The highest BCUT2D eigenvalue weighted by Gasteiger charge is 2.51. The van der Waals surface area contributed by atoms with Crippen LogP contribution in [0.15, 0.2) is 0 Å². The number of carbonyl (C=O) groups is 1. The molecule has 3 aliphatic rings. The van der Waals surface area contributed by atoms with Crippen LogP contribution in [0, 0.1) is 0 Å². The number of rotatable bonds is 3. The maximum Gasteiger partial charge on any atom is 0.244 e. The lowest BCUT2D eigenvalue weighted by atomic mass is 9.87. The summed E-state index contributed by atoms with van der Waals surface area (Å²) in [6.07, 6.45) is 6.89. The molecular formula is C13H22N2O2. The quantitative estimate of drug-likeness (QED) is 0.804. The first-order valence-electron chi connectivity index (χ1n) is 6.93. The minimum atomic E-state index is -0.184. The molecule has 1 amide bonds. The Morgan fingerprint density at radius 2 is 2.12 bits per heavy atom. The lowest BCUT2D eigenvalue weighted by Crippen LogP contribution is -2.51. The molecule has 0 atom stereocenters. The fourth-order valence-electron chi connectivity index (χ4n) is 3.49. The molecule has 2 aliphatic carbocycles. The predicted molar refractivity (Wildman–Crippen MR) is 64.5 cm³/mol. The van der Waals surface area contributed by atoms with Crippen LogP contribution >= 0.6 is 0 Å². The molecule has 1 aliphatic heterocycles. The number of hydrogen-bond acceptors (Lipinski definition) is 3. The van der Waals surface area contributed by atoms with Crippen molar-refractivity contribution in [3.05, 3.63) is 0 Å². The molecule has 2 saturated carbocycles. The van der Waals surface area contributed by atoms with Gasteiger partial charge >= 0.3 is 0 Å². The van der Waals surface area contributed by atoms with E-state index in [1.165, 1.54) is 12.8 Å². The first-order chi connectivity index (χ1) is 8.25. The lowest BCUT2D eigenvalue weighted by molar-refractivity contribution is -0.139. The molecule has 1 N–H and O–H groups in total. The Morgan fingerprint density at radius 3 is 2.76 bits per heavy atom. The van der Waals surface area contributed by atoms with Crippen molar-refractivity contribution in [2.24, 2.45) is 0 Å². The molecule has 0 aromatic rings. The van der Waals surface area contributed by atoms with Crippen molar-refractivity contribution < 1.29 is 9.53 Å². The number of hydrogen-bond donors (Lipinski definition) is 1. The highest BCUT2D eigenvalue weighted by atomic mass is 16.5. The fourth-order valence-corrected chi connectivity index (χ4v) is 3.49. The van der Waals surface area contributed by atoms with Crippen molar-refractivity contribution in [1.82, 2.24) is 10.2 Å². The first-order valence-corrected chi connectivity index (χ1v) is 6.93. The molecule has 96 valence electrons. The monoisotopic (exact) mass is 238 g/mol. The van der Waals surface area contributed by atoms with Crippen LogP contribution in [0.4, 0.5) is 0 Å². The van der Waals surface area contributed by atoms with Crippen LogP contribution in [0.3, 0.4) is 0 Å². The van der Waals surface area contributed by atoms with Gasteiger partial charge in [0.1, 0.15) is 0 Å². The number of amides is 1. The molecule has 1 heterocycles. The van der Waals surface area contributed by atoms with Crippen molar-refractivity contribution in [2.45, 2.75) is 63.1 Å². The molecule has 0 radical (unpaired) electrons. The molecule has 0 aromatic carbocycles. The lowest BCUT2D eigenvalue weighted by Gasteiger charge is -2.40. The van der Waals surface area contributed by atoms with E-state index >= 15 is 0 Å². The number of carbonyl (C=O) groups excluding carboxylic acids is 1. The van der Waals surface area contributed by atoms with Gasteiger partial charge in [0, 0.05) is 12.6 Å². The Hall–Kier alpha value is -0.610. The van der Waals surface area contributed by atoms with Gasteiger partial charge in [-0.1, -0.05) is 12.8 Å². The van der Waals surface area contributed by atoms with E-state index in [0.717, 1.165) is 39.0 Å². The van der Waals surface area contributed by atoms with Crippen molar-refractivity contribution in [2.75, 3.05) is 13.3 Å². The SMILES string of the molecule is CCOC1CC(N2CNC3(CCCC3)C2=O)C1. The van der Waals surface area contributed by atoms with Gasteiger partial charge in [0.15, 0.2) is 0 Å². The number of nitrogens with one attached hydrogen (secondary N) is 1. The van der Waals surface area contributed by atoms with Gasteiger partial charge in [0.2, 0.25) is 5.91 Å². The highest BCUT2D eigenvalue weighted by Crippen LogP contribution is 2.38. The molecular weight excluding hydrogens is 216 g/mol. The Morgan fingerprint density at radius 1 is 1.41 bits per heavy atom. The van der Waals surface area contributed by atoms with E-state index < -0.39 is 0 Å². The standard InChI is InChI=1S/C13H22N2O2/c1-2-17-11-7-10(8-11)15-9-14-13(12(15)16)5-3-4-6-13/h10-11,14H,2-9H2,1H3. The molecule has 0 bridgehead atoms. The molecule has 17 heavy (non-hydrogen) atoms. The summed E-state index contributed by atoms with van der Waals surface area (Å²) in [6.45, 7) is 3.57. The fraction of sp³-hybridized carbons (Fsp3) is 0.923. The van der Waals surface area contributed by atoms with E-state index in [4.69, 9.17) is 4.74 Å². The highest BCUT2D eigenvalue weighted by molar-refractivity contribution is 5.89. The Kier molecular flexibility index (Phi) is 2.87. The van der Waals surface area contributed by atoms with E-state index in [9.17, 15) is 4.79 Å². The summed E-state index contributed by atoms with van der Waals surface area (Å²) in [7, 11) is 0. The molecule has 0 unspecified atom stereocenters. The zero-order valence-corrected chi connectivity index (χ0v) is 10.6. The summed E-state index contributed by atoms with van der Waals surface area (Å²) in [5.74, 6) is 0.356.